The predicted molar refractivity (Wildman–Crippen MR) is 84.0 cm³/mol. The Balaban J connectivity index is 1.60. The van der Waals surface area contributed by atoms with Crippen LogP contribution in [0.2, 0.25) is 0 Å². The highest BCUT2D eigenvalue weighted by atomic mass is 32.1. The van der Waals surface area contributed by atoms with Crippen LogP contribution < -0.4 is 5.32 Å². The maximum Gasteiger partial charge on any atom is 0.115 e. The summed E-state index contributed by atoms with van der Waals surface area (Å²) in [6.07, 6.45) is 6.35. The Morgan fingerprint density at radius 3 is 2.85 bits per heavy atom. The summed E-state index contributed by atoms with van der Waals surface area (Å²) in [5.41, 5.74) is 3.34. The lowest BCUT2D eigenvalue weighted by molar-refractivity contribution is 0.135. The van der Waals surface area contributed by atoms with Gasteiger partial charge in [-0.05, 0) is 38.0 Å². The summed E-state index contributed by atoms with van der Waals surface area (Å²) in [6, 6.07) is 8.42. The van der Waals surface area contributed by atoms with Crippen molar-refractivity contribution in [1.29, 1.82) is 0 Å². The van der Waals surface area contributed by atoms with Crippen LogP contribution in [-0.2, 0) is 4.74 Å². The molecule has 1 aromatic carbocycles. The third-order valence-corrected chi connectivity index (χ3v) is 4.13. The van der Waals surface area contributed by atoms with Gasteiger partial charge in [0, 0.05) is 16.6 Å². The lowest BCUT2D eigenvalue weighted by Gasteiger charge is -2.20. The van der Waals surface area contributed by atoms with Gasteiger partial charge in [-0.25, -0.2) is 4.98 Å². The average Bonchev–Trinajstić information content (AvgIpc) is 2.93. The third-order valence-electron chi connectivity index (χ3n) is 3.36. The molecule has 1 aliphatic rings. The van der Waals surface area contributed by atoms with Crippen LogP contribution in [0.1, 0.15) is 17.8 Å². The number of hydrogen-bond donors (Lipinski definition) is 1. The van der Waals surface area contributed by atoms with Crippen LogP contribution in [0.5, 0.6) is 0 Å². The molecule has 1 aromatic heterocycles. The van der Waals surface area contributed by atoms with Gasteiger partial charge in [0.15, 0.2) is 0 Å². The Morgan fingerprint density at radius 1 is 1.35 bits per heavy atom. The average molecular weight is 286 g/mol. The van der Waals surface area contributed by atoms with Gasteiger partial charge in [-0.1, -0.05) is 12.1 Å². The summed E-state index contributed by atoms with van der Waals surface area (Å²) in [5.74, 6) is 0. The van der Waals surface area contributed by atoms with E-state index in [9.17, 15) is 0 Å². The normalized spacial score (nSPS) is 17.8. The Kier molecular flexibility index (Phi) is 4.02. The lowest BCUT2D eigenvalue weighted by atomic mass is 10.1. The molecule has 0 fully saturated rings. The van der Waals surface area contributed by atoms with Gasteiger partial charge in [-0.3, -0.25) is 0 Å². The van der Waals surface area contributed by atoms with Gasteiger partial charge in [0.1, 0.15) is 6.10 Å². The molecule has 1 aliphatic heterocycles. The molecular weight excluding hydrogens is 268 g/mol. The summed E-state index contributed by atoms with van der Waals surface area (Å²) in [7, 11) is 0. The number of aryl methyl sites for hydroxylation is 1. The molecule has 4 heteroatoms. The van der Waals surface area contributed by atoms with E-state index in [-0.39, 0.29) is 6.10 Å². The number of allylic oxidation sites excluding steroid dienone is 1. The summed E-state index contributed by atoms with van der Waals surface area (Å²) < 4.78 is 5.54. The topological polar surface area (TPSA) is 34.2 Å². The Morgan fingerprint density at radius 2 is 2.20 bits per heavy atom. The SMILES string of the molecule is Cc1nc(-c2ccc(NCC3CCC=CO3)cc2)cs1. The Labute approximate surface area is 123 Å². The molecule has 1 N–H and O–H groups in total. The fraction of sp³-hybridized carbons (Fsp3) is 0.312. The van der Waals surface area contributed by atoms with Crippen LogP contribution in [0.15, 0.2) is 42.0 Å². The van der Waals surface area contributed by atoms with Crippen LogP contribution in [0, 0.1) is 6.92 Å². The van der Waals surface area contributed by atoms with Crippen molar-refractivity contribution in [2.75, 3.05) is 11.9 Å². The molecule has 0 saturated heterocycles. The minimum Gasteiger partial charge on any atom is -0.497 e. The molecule has 0 saturated carbocycles. The van der Waals surface area contributed by atoms with Gasteiger partial charge >= 0.3 is 0 Å². The number of ether oxygens (including phenoxy) is 1. The molecular formula is C16H18N2OS. The first-order chi connectivity index (χ1) is 9.81. The largest absolute Gasteiger partial charge is 0.497 e. The van der Waals surface area contributed by atoms with Crippen molar-refractivity contribution >= 4 is 17.0 Å². The molecule has 0 amide bonds. The Hall–Kier alpha value is -1.81. The molecule has 1 unspecified atom stereocenters. The maximum atomic E-state index is 5.54. The van der Waals surface area contributed by atoms with Crippen molar-refractivity contribution in [3.63, 3.8) is 0 Å². The minimum atomic E-state index is 0.279. The molecule has 0 spiro atoms. The molecule has 2 heterocycles. The van der Waals surface area contributed by atoms with Crippen molar-refractivity contribution in [3.05, 3.63) is 47.0 Å². The van der Waals surface area contributed by atoms with E-state index in [1.807, 2.05) is 13.2 Å². The monoisotopic (exact) mass is 286 g/mol. The highest BCUT2D eigenvalue weighted by Gasteiger charge is 2.10. The van der Waals surface area contributed by atoms with E-state index in [4.69, 9.17) is 4.74 Å². The van der Waals surface area contributed by atoms with E-state index in [0.29, 0.717) is 0 Å². The molecule has 1 atom stereocenters. The van der Waals surface area contributed by atoms with Crippen LogP contribution in [0.25, 0.3) is 11.3 Å². The van der Waals surface area contributed by atoms with Crippen molar-refractivity contribution in [1.82, 2.24) is 4.98 Å². The van der Waals surface area contributed by atoms with Crippen LogP contribution in [0.3, 0.4) is 0 Å². The van der Waals surface area contributed by atoms with Crippen molar-refractivity contribution < 1.29 is 4.74 Å². The predicted octanol–water partition coefficient (Wildman–Crippen LogP) is 4.22. The first-order valence-corrected chi connectivity index (χ1v) is 7.76. The molecule has 3 rings (SSSR count). The second kappa shape index (κ2) is 6.09. The highest BCUT2D eigenvalue weighted by molar-refractivity contribution is 7.09. The number of nitrogens with zero attached hydrogens (tertiary/aromatic N) is 1. The molecule has 104 valence electrons. The van der Waals surface area contributed by atoms with Crippen molar-refractivity contribution in [2.24, 2.45) is 0 Å². The zero-order chi connectivity index (χ0) is 13.8. The number of thiazole rings is 1. The van der Waals surface area contributed by atoms with E-state index in [1.54, 1.807) is 11.3 Å². The second-order valence-corrected chi connectivity index (χ2v) is 5.98. The van der Waals surface area contributed by atoms with Crippen LogP contribution in [0.4, 0.5) is 5.69 Å². The number of benzene rings is 1. The number of anilines is 1. The van der Waals surface area contributed by atoms with Gasteiger partial charge in [-0.15, -0.1) is 11.3 Å². The molecule has 3 nitrogen and oxygen atoms in total. The zero-order valence-electron chi connectivity index (χ0n) is 11.5. The van der Waals surface area contributed by atoms with Crippen LogP contribution >= 0.6 is 11.3 Å². The van der Waals surface area contributed by atoms with E-state index >= 15 is 0 Å². The fourth-order valence-electron chi connectivity index (χ4n) is 2.22. The molecule has 20 heavy (non-hydrogen) atoms. The first-order valence-electron chi connectivity index (χ1n) is 6.88. The van der Waals surface area contributed by atoms with E-state index in [1.165, 1.54) is 0 Å². The first kappa shape index (κ1) is 13.2. The molecule has 0 bridgehead atoms. The maximum absolute atomic E-state index is 5.54. The van der Waals surface area contributed by atoms with Crippen molar-refractivity contribution in [3.8, 4) is 11.3 Å². The quantitative estimate of drug-likeness (QED) is 0.913. The highest BCUT2D eigenvalue weighted by Crippen LogP contribution is 2.23. The van der Waals surface area contributed by atoms with E-state index < -0.39 is 0 Å². The van der Waals surface area contributed by atoms with Gasteiger partial charge in [0.05, 0.1) is 23.5 Å². The van der Waals surface area contributed by atoms with Gasteiger partial charge in [0.2, 0.25) is 0 Å². The standard InChI is InChI=1S/C16H18N2OS/c1-12-18-16(11-20-12)13-5-7-14(8-6-13)17-10-15-4-2-3-9-19-15/h3,5-9,11,15,17H,2,4,10H2,1H3. The minimum absolute atomic E-state index is 0.279. The molecule has 0 aliphatic carbocycles. The number of nitrogens with one attached hydrogen (secondary N) is 1. The van der Waals surface area contributed by atoms with Crippen LogP contribution in [-0.4, -0.2) is 17.6 Å². The summed E-state index contributed by atoms with van der Waals surface area (Å²) in [6.45, 7) is 2.88. The zero-order valence-corrected chi connectivity index (χ0v) is 12.3. The van der Waals surface area contributed by atoms with E-state index in [2.05, 4.69) is 46.0 Å². The number of rotatable bonds is 4. The Bertz CT molecular complexity index is 589. The van der Waals surface area contributed by atoms with Gasteiger partial charge in [-0.2, -0.15) is 0 Å². The summed E-state index contributed by atoms with van der Waals surface area (Å²) >= 11 is 1.68. The molecule has 0 radical (unpaired) electrons. The fourth-order valence-corrected chi connectivity index (χ4v) is 2.84. The summed E-state index contributed by atoms with van der Waals surface area (Å²) in [5, 5.41) is 6.62. The third kappa shape index (κ3) is 3.20. The summed E-state index contributed by atoms with van der Waals surface area (Å²) in [4.78, 5) is 4.50. The second-order valence-electron chi connectivity index (χ2n) is 4.92. The molecule has 2 aromatic rings. The number of aromatic nitrogens is 1. The lowest BCUT2D eigenvalue weighted by Crippen LogP contribution is -2.22. The number of hydrogen-bond acceptors (Lipinski definition) is 4. The van der Waals surface area contributed by atoms with E-state index in [0.717, 1.165) is 41.3 Å². The van der Waals surface area contributed by atoms with Gasteiger partial charge < -0.3 is 10.1 Å². The van der Waals surface area contributed by atoms with Gasteiger partial charge in [0.25, 0.3) is 0 Å². The smallest absolute Gasteiger partial charge is 0.115 e. The van der Waals surface area contributed by atoms with Crippen molar-refractivity contribution in [2.45, 2.75) is 25.9 Å².